The van der Waals surface area contributed by atoms with E-state index in [1.165, 1.54) is 18.9 Å². The molecular weight excluding hydrogens is 599 g/mol. The van der Waals surface area contributed by atoms with Crippen LogP contribution >= 0.6 is 7.28 Å². The van der Waals surface area contributed by atoms with E-state index in [-0.39, 0.29) is 18.6 Å². The molecule has 246 valence electrons. The molecule has 3 N–H and O–H groups in total. The molecule has 0 aliphatic rings. The maximum absolute atomic E-state index is 12.6. The number of rotatable bonds is 15. The number of hydrogen-bond acceptors (Lipinski definition) is 8. The first-order chi connectivity index (χ1) is 21.9. The molecule has 4 rings (SSSR count). The van der Waals surface area contributed by atoms with Crippen LogP contribution < -0.4 is 0 Å². The summed E-state index contributed by atoms with van der Waals surface area (Å²) in [7, 11) is -3.11. The van der Waals surface area contributed by atoms with Crippen LogP contribution in [-0.4, -0.2) is 79.3 Å². The Hall–Kier alpha value is -3.45. The first-order valence-electron chi connectivity index (χ1n) is 15.5. The Balaban J connectivity index is 2.15. The van der Waals surface area contributed by atoms with Crippen LogP contribution in [0.15, 0.2) is 109 Å². The second-order valence-electron chi connectivity index (χ2n) is 12.4. The molecular formula is C36H47N4O5P. The maximum atomic E-state index is 12.6. The second kappa shape index (κ2) is 14.1. The molecule has 0 aliphatic carbocycles. The van der Waals surface area contributed by atoms with Gasteiger partial charge in [-0.25, -0.2) is 0 Å². The molecule has 0 bridgehead atoms. The molecule has 2 atom stereocenters. The van der Waals surface area contributed by atoms with Crippen molar-refractivity contribution in [1.82, 2.24) is 14.7 Å². The van der Waals surface area contributed by atoms with Crippen LogP contribution in [0.4, 0.5) is 0 Å². The van der Waals surface area contributed by atoms with Gasteiger partial charge >= 0.3 is 273 Å². The summed E-state index contributed by atoms with van der Waals surface area (Å²) in [6.45, 7) is 7.55. The molecule has 0 amide bonds. The van der Waals surface area contributed by atoms with Gasteiger partial charge in [-0.1, -0.05) is 0 Å². The van der Waals surface area contributed by atoms with Crippen molar-refractivity contribution in [3.8, 4) is 6.07 Å². The predicted octanol–water partition coefficient (Wildman–Crippen LogP) is 5.56. The monoisotopic (exact) mass is 646 g/mol. The summed E-state index contributed by atoms with van der Waals surface area (Å²) in [5.41, 5.74) is -0.733. The number of aromatic nitrogens is 2. The van der Waals surface area contributed by atoms with Gasteiger partial charge in [-0.2, -0.15) is 0 Å². The van der Waals surface area contributed by atoms with Crippen LogP contribution in [0.2, 0.25) is 0 Å². The van der Waals surface area contributed by atoms with Gasteiger partial charge in [-0.3, -0.25) is 0 Å². The van der Waals surface area contributed by atoms with E-state index in [0.717, 1.165) is 16.7 Å². The van der Waals surface area contributed by atoms with Crippen molar-refractivity contribution in [3.63, 3.8) is 0 Å². The molecule has 0 fully saturated rings. The van der Waals surface area contributed by atoms with Gasteiger partial charge in [-0.15, -0.1) is 0 Å². The standard InChI is InChI=1S/C36H47N4O5P/c1-28(2)40(29(3)4)33(25-37)27-46(41,42,43)34(26-39-24-16-23-38-39)36(44-5,45-6)35(30-17-10-7-11-18-30,31-19-12-8-13-20-31)32-21-14-9-15-22-32/h7-24,28-29,33-34,41-43H,26-27H2,1-6H3. The van der Waals surface area contributed by atoms with E-state index < -0.39 is 36.3 Å². The Kier molecular flexibility index (Phi) is 10.9. The SMILES string of the molecule is COC(OC)(C(Cn1cccn1)P(O)(O)(O)CC(C#N)N(C(C)C)C(C)C)C(c1ccccc1)(c1ccccc1)c1ccccc1. The van der Waals surface area contributed by atoms with E-state index in [2.05, 4.69) is 11.2 Å². The average Bonchev–Trinajstić information content (AvgIpc) is 3.57. The molecule has 46 heavy (non-hydrogen) atoms. The summed E-state index contributed by atoms with van der Waals surface area (Å²) in [5, 5.41) is 14.8. The summed E-state index contributed by atoms with van der Waals surface area (Å²) >= 11 is 0. The predicted molar refractivity (Wildman–Crippen MR) is 182 cm³/mol. The Bertz CT molecular complexity index is 1440. The van der Waals surface area contributed by atoms with Gasteiger partial charge in [0.1, 0.15) is 0 Å². The molecule has 2 unspecified atom stereocenters. The number of benzene rings is 3. The topological polar surface area (TPSA) is 124 Å². The quantitative estimate of drug-likeness (QED) is 0.0872. The fraction of sp³-hybridized carbons (Fsp3) is 0.389. The Morgan fingerprint density at radius 1 is 0.783 bits per heavy atom. The van der Waals surface area contributed by atoms with E-state index in [1.807, 2.05) is 124 Å². The molecule has 0 saturated heterocycles. The third-order valence-electron chi connectivity index (χ3n) is 8.97. The number of nitriles is 1. The molecule has 1 heterocycles. The van der Waals surface area contributed by atoms with E-state index in [1.54, 1.807) is 18.5 Å². The van der Waals surface area contributed by atoms with E-state index in [9.17, 15) is 19.9 Å². The summed E-state index contributed by atoms with van der Waals surface area (Å²) in [6, 6.07) is 31.5. The van der Waals surface area contributed by atoms with Gasteiger partial charge in [0.15, 0.2) is 0 Å². The van der Waals surface area contributed by atoms with Crippen LogP contribution in [0.5, 0.6) is 0 Å². The van der Waals surface area contributed by atoms with Crippen LogP contribution in [0.3, 0.4) is 0 Å². The molecule has 4 aromatic rings. The Morgan fingerprint density at radius 2 is 1.22 bits per heavy atom. The van der Waals surface area contributed by atoms with E-state index in [0.29, 0.717) is 0 Å². The molecule has 3 aromatic carbocycles. The zero-order chi connectivity index (χ0) is 33.6. The van der Waals surface area contributed by atoms with Crippen molar-refractivity contribution in [2.24, 2.45) is 0 Å². The second-order valence-corrected chi connectivity index (χ2v) is 15.8. The molecule has 1 aromatic heterocycles. The summed E-state index contributed by atoms with van der Waals surface area (Å²) in [4.78, 5) is 39.7. The van der Waals surface area contributed by atoms with E-state index in [4.69, 9.17) is 9.47 Å². The van der Waals surface area contributed by atoms with Gasteiger partial charge in [0.05, 0.1) is 0 Å². The van der Waals surface area contributed by atoms with Crippen molar-refractivity contribution < 1.29 is 24.2 Å². The molecule has 0 radical (unpaired) electrons. The number of ether oxygens (including phenoxy) is 2. The van der Waals surface area contributed by atoms with Crippen molar-refractivity contribution in [2.75, 3.05) is 20.4 Å². The van der Waals surface area contributed by atoms with Crippen LogP contribution in [0, 0.1) is 11.3 Å². The molecule has 0 aliphatic heterocycles. The third-order valence-corrected chi connectivity index (χ3v) is 11.8. The first kappa shape index (κ1) is 35.4. The minimum atomic E-state index is -6.01. The Morgan fingerprint density at radius 3 is 1.54 bits per heavy atom. The third kappa shape index (κ3) is 6.53. The average molecular weight is 647 g/mol. The van der Waals surface area contributed by atoms with Gasteiger partial charge in [0, 0.05) is 0 Å². The van der Waals surface area contributed by atoms with Crippen LogP contribution in [0.25, 0.3) is 0 Å². The van der Waals surface area contributed by atoms with Gasteiger partial charge in [0.2, 0.25) is 0 Å². The van der Waals surface area contributed by atoms with Crippen molar-refractivity contribution in [2.45, 2.75) is 69.2 Å². The van der Waals surface area contributed by atoms with Crippen LogP contribution in [-0.2, 0) is 21.4 Å². The normalized spacial score (nSPS) is 15.0. The molecule has 0 saturated carbocycles. The summed E-state index contributed by atoms with van der Waals surface area (Å²) < 4.78 is 14.6. The molecule has 0 spiro atoms. The van der Waals surface area contributed by atoms with Crippen molar-refractivity contribution >= 4 is 7.28 Å². The van der Waals surface area contributed by atoms with E-state index >= 15 is 0 Å². The van der Waals surface area contributed by atoms with Gasteiger partial charge < -0.3 is 0 Å². The fourth-order valence-electron chi connectivity index (χ4n) is 7.28. The Labute approximate surface area is 272 Å². The summed E-state index contributed by atoms with van der Waals surface area (Å²) in [5.74, 6) is -1.99. The minimum absolute atomic E-state index is 0.118. The number of methoxy groups -OCH3 is 2. The zero-order valence-corrected chi connectivity index (χ0v) is 28.4. The summed E-state index contributed by atoms with van der Waals surface area (Å²) in [6.07, 6.45) is 2.63. The fourth-order valence-corrected chi connectivity index (χ4v) is 10.1. The van der Waals surface area contributed by atoms with Crippen molar-refractivity contribution in [1.29, 1.82) is 5.26 Å². The van der Waals surface area contributed by atoms with Crippen molar-refractivity contribution in [3.05, 3.63) is 126 Å². The van der Waals surface area contributed by atoms with Gasteiger partial charge in [0.25, 0.3) is 0 Å². The number of nitrogens with zero attached hydrogens (tertiary/aromatic N) is 4. The zero-order valence-electron chi connectivity index (χ0n) is 27.5. The first-order valence-corrected chi connectivity index (χ1v) is 17.9. The van der Waals surface area contributed by atoms with Crippen LogP contribution in [0.1, 0.15) is 44.4 Å². The molecule has 9 nitrogen and oxygen atoms in total. The molecule has 10 heteroatoms. The van der Waals surface area contributed by atoms with Gasteiger partial charge in [-0.05, 0) is 0 Å². The number of hydrogen-bond donors (Lipinski definition) is 3.